The highest BCUT2D eigenvalue weighted by molar-refractivity contribution is 5.76. The van der Waals surface area contributed by atoms with Gasteiger partial charge in [-0.3, -0.25) is 9.69 Å². The van der Waals surface area contributed by atoms with Crippen LogP contribution in [0.4, 0.5) is 0 Å². The van der Waals surface area contributed by atoms with Crippen LogP contribution in [0.15, 0.2) is 0 Å². The van der Waals surface area contributed by atoms with E-state index in [0.717, 1.165) is 13.1 Å². The molecule has 2 N–H and O–H groups in total. The monoisotopic (exact) mass is 243 g/mol. The standard InChI is InChI=1S/C12H25N3O2/c1-9-7-15(8-10(2)17-9)11(6-13)5-12(16)14(3)4/h9-11H,5-8,13H2,1-4H3/t9-,10+,11?. The van der Waals surface area contributed by atoms with Gasteiger partial charge in [0.05, 0.1) is 12.2 Å². The summed E-state index contributed by atoms with van der Waals surface area (Å²) in [4.78, 5) is 15.6. The van der Waals surface area contributed by atoms with Crippen LogP contribution in [-0.2, 0) is 9.53 Å². The lowest BCUT2D eigenvalue weighted by atomic mass is 10.1. The van der Waals surface area contributed by atoms with Gasteiger partial charge in [-0.05, 0) is 13.8 Å². The third kappa shape index (κ3) is 4.26. The van der Waals surface area contributed by atoms with Gasteiger partial charge < -0.3 is 15.4 Å². The molecule has 1 heterocycles. The van der Waals surface area contributed by atoms with Gasteiger partial charge in [-0.2, -0.15) is 0 Å². The van der Waals surface area contributed by atoms with Crippen LogP contribution in [0, 0.1) is 0 Å². The molecule has 1 aliphatic rings. The summed E-state index contributed by atoms with van der Waals surface area (Å²) in [6.07, 6.45) is 0.910. The van der Waals surface area contributed by atoms with Crippen LogP contribution in [0.1, 0.15) is 20.3 Å². The molecule has 0 bridgehead atoms. The molecule has 5 nitrogen and oxygen atoms in total. The van der Waals surface area contributed by atoms with Gasteiger partial charge in [0.25, 0.3) is 0 Å². The van der Waals surface area contributed by atoms with Gasteiger partial charge >= 0.3 is 0 Å². The van der Waals surface area contributed by atoms with Crippen molar-refractivity contribution in [3.05, 3.63) is 0 Å². The number of morpholine rings is 1. The Balaban J connectivity index is 2.57. The molecule has 0 aliphatic carbocycles. The van der Waals surface area contributed by atoms with E-state index in [-0.39, 0.29) is 24.2 Å². The van der Waals surface area contributed by atoms with Crippen molar-refractivity contribution in [1.29, 1.82) is 0 Å². The molecule has 0 spiro atoms. The number of hydrogen-bond acceptors (Lipinski definition) is 4. The van der Waals surface area contributed by atoms with Gasteiger partial charge in [0.15, 0.2) is 0 Å². The minimum absolute atomic E-state index is 0.124. The Morgan fingerprint density at radius 1 is 1.41 bits per heavy atom. The average Bonchev–Trinajstić information content (AvgIpc) is 2.23. The SMILES string of the molecule is C[C@@H]1CN(C(CN)CC(=O)N(C)C)C[C@H](C)O1. The zero-order valence-corrected chi connectivity index (χ0v) is 11.3. The van der Waals surface area contributed by atoms with Crippen LogP contribution in [0.5, 0.6) is 0 Å². The topological polar surface area (TPSA) is 58.8 Å². The van der Waals surface area contributed by atoms with Gasteiger partial charge in [-0.15, -0.1) is 0 Å². The van der Waals surface area contributed by atoms with Crippen LogP contribution >= 0.6 is 0 Å². The fourth-order valence-electron chi connectivity index (χ4n) is 2.26. The van der Waals surface area contributed by atoms with E-state index in [1.54, 1.807) is 19.0 Å². The van der Waals surface area contributed by atoms with Gasteiger partial charge in [-0.25, -0.2) is 0 Å². The van der Waals surface area contributed by atoms with Crippen molar-refractivity contribution in [3.63, 3.8) is 0 Å². The summed E-state index contributed by atoms with van der Waals surface area (Å²) in [6, 6.07) is 0.124. The maximum Gasteiger partial charge on any atom is 0.223 e. The molecule has 100 valence electrons. The van der Waals surface area contributed by atoms with E-state index in [2.05, 4.69) is 18.7 Å². The largest absolute Gasteiger partial charge is 0.373 e. The van der Waals surface area contributed by atoms with E-state index in [0.29, 0.717) is 13.0 Å². The second kappa shape index (κ2) is 6.33. The van der Waals surface area contributed by atoms with Crippen molar-refractivity contribution in [2.45, 2.75) is 38.5 Å². The minimum Gasteiger partial charge on any atom is -0.373 e. The smallest absolute Gasteiger partial charge is 0.223 e. The number of amides is 1. The fourth-order valence-corrected chi connectivity index (χ4v) is 2.26. The van der Waals surface area contributed by atoms with Gasteiger partial charge in [0, 0.05) is 46.2 Å². The first-order valence-electron chi connectivity index (χ1n) is 6.23. The van der Waals surface area contributed by atoms with E-state index < -0.39 is 0 Å². The first-order valence-corrected chi connectivity index (χ1v) is 6.23. The number of nitrogens with zero attached hydrogens (tertiary/aromatic N) is 2. The normalized spacial score (nSPS) is 27.8. The molecule has 17 heavy (non-hydrogen) atoms. The van der Waals surface area contributed by atoms with Crippen LogP contribution in [0.25, 0.3) is 0 Å². The Labute approximate surface area is 104 Å². The Kier molecular flexibility index (Phi) is 5.36. The molecule has 5 heteroatoms. The highest BCUT2D eigenvalue weighted by Gasteiger charge is 2.28. The van der Waals surface area contributed by atoms with Crippen LogP contribution in [-0.4, -0.2) is 67.7 Å². The summed E-state index contributed by atoms with van der Waals surface area (Å²) in [6.45, 7) is 6.34. The molecule has 0 radical (unpaired) electrons. The first-order chi connectivity index (χ1) is 7.93. The lowest BCUT2D eigenvalue weighted by Gasteiger charge is -2.39. The molecule has 0 aromatic rings. The third-order valence-corrected chi connectivity index (χ3v) is 3.15. The zero-order valence-electron chi connectivity index (χ0n) is 11.3. The lowest BCUT2D eigenvalue weighted by molar-refractivity contribution is -0.131. The number of carbonyl (C=O) groups is 1. The van der Waals surface area contributed by atoms with E-state index in [4.69, 9.17) is 10.5 Å². The quantitative estimate of drug-likeness (QED) is 0.749. The number of hydrogen-bond donors (Lipinski definition) is 1. The van der Waals surface area contributed by atoms with Crippen molar-refractivity contribution in [1.82, 2.24) is 9.80 Å². The van der Waals surface area contributed by atoms with E-state index in [1.807, 2.05) is 0 Å². The van der Waals surface area contributed by atoms with Gasteiger partial charge in [-0.1, -0.05) is 0 Å². The van der Waals surface area contributed by atoms with Crippen molar-refractivity contribution >= 4 is 5.91 Å². The van der Waals surface area contributed by atoms with Gasteiger partial charge in [0.2, 0.25) is 5.91 Å². The molecule has 1 unspecified atom stereocenters. The molecule has 0 aromatic heterocycles. The van der Waals surface area contributed by atoms with Crippen LogP contribution < -0.4 is 5.73 Å². The highest BCUT2D eigenvalue weighted by atomic mass is 16.5. The Morgan fingerprint density at radius 3 is 2.35 bits per heavy atom. The summed E-state index contributed by atoms with van der Waals surface area (Å²) in [5, 5.41) is 0. The number of rotatable bonds is 4. The fraction of sp³-hybridized carbons (Fsp3) is 0.917. The van der Waals surface area contributed by atoms with E-state index >= 15 is 0 Å². The predicted octanol–water partition coefficient (Wildman–Crippen LogP) is -0.0988. The van der Waals surface area contributed by atoms with E-state index in [9.17, 15) is 4.79 Å². The zero-order chi connectivity index (χ0) is 13.0. The number of nitrogens with two attached hydrogens (primary N) is 1. The predicted molar refractivity (Wildman–Crippen MR) is 67.7 cm³/mol. The molecule has 0 aromatic carbocycles. The maximum absolute atomic E-state index is 11.7. The first kappa shape index (κ1) is 14.4. The Hall–Kier alpha value is -0.650. The molecular weight excluding hydrogens is 218 g/mol. The Morgan fingerprint density at radius 2 is 1.94 bits per heavy atom. The molecule has 1 fully saturated rings. The molecule has 1 aliphatic heterocycles. The molecule has 1 saturated heterocycles. The van der Waals surface area contributed by atoms with Crippen LogP contribution in [0.3, 0.4) is 0 Å². The molecule has 1 rings (SSSR count). The molecule has 1 amide bonds. The number of carbonyl (C=O) groups excluding carboxylic acids is 1. The maximum atomic E-state index is 11.7. The number of ether oxygens (including phenoxy) is 1. The Bertz CT molecular complexity index is 248. The third-order valence-electron chi connectivity index (χ3n) is 3.15. The van der Waals surface area contributed by atoms with Crippen molar-refractivity contribution < 1.29 is 9.53 Å². The van der Waals surface area contributed by atoms with Crippen molar-refractivity contribution in [2.24, 2.45) is 5.73 Å². The van der Waals surface area contributed by atoms with Crippen molar-refractivity contribution in [2.75, 3.05) is 33.7 Å². The summed E-state index contributed by atoms with van der Waals surface area (Å²) in [5.41, 5.74) is 5.79. The van der Waals surface area contributed by atoms with Crippen molar-refractivity contribution in [3.8, 4) is 0 Å². The van der Waals surface area contributed by atoms with E-state index in [1.165, 1.54) is 0 Å². The summed E-state index contributed by atoms with van der Waals surface area (Å²) in [7, 11) is 3.56. The molecule has 0 saturated carbocycles. The van der Waals surface area contributed by atoms with Crippen LogP contribution in [0.2, 0.25) is 0 Å². The molecule has 3 atom stereocenters. The summed E-state index contributed by atoms with van der Waals surface area (Å²) < 4.78 is 5.69. The minimum atomic E-state index is 0.124. The summed E-state index contributed by atoms with van der Waals surface area (Å²) >= 11 is 0. The highest BCUT2D eigenvalue weighted by Crippen LogP contribution is 2.15. The second-order valence-electron chi connectivity index (χ2n) is 5.09. The second-order valence-corrected chi connectivity index (χ2v) is 5.09. The summed E-state index contributed by atoms with van der Waals surface area (Å²) in [5.74, 6) is 0.132. The average molecular weight is 243 g/mol. The van der Waals surface area contributed by atoms with Gasteiger partial charge in [0.1, 0.15) is 0 Å². The lowest BCUT2D eigenvalue weighted by Crippen LogP contribution is -2.53. The molecular formula is C12H25N3O2.